The van der Waals surface area contributed by atoms with Gasteiger partial charge in [-0.2, -0.15) is 0 Å². The molecule has 134 valence electrons. The predicted molar refractivity (Wildman–Crippen MR) is 103 cm³/mol. The van der Waals surface area contributed by atoms with Crippen LogP contribution in [0.1, 0.15) is 27.9 Å². The van der Waals surface area contributed by atoms with Crippen LogP contribution in [-0.4, -0.2) is 16.8 Å². The Morgan fingerprint density at radius 1 is 0.852 bits per heavy atom. The summed E-state index contributed by atoms with van der Waals surface area (Å²) in [5.41, 5.74) is 0.722. The topological polar surface area (TPSA) is 57.6 Å². The second-order valence-corrected chi connectivity index (χ2v) is 6.72. The predicted octanol–water partition coefficient (Wildman–Crippen LogP) is 3.69. The Morgan fingerprint density at radius 2 is 1.44 bits per heavy atom. The lowest BCUT2D eigenvalue weighted by atomic mass is 9.88. The van der Waals surface area contributed by atoms with Gasteiger partial charge in [0.25, 0.3) is 5.91 Å². The third-order valence-electron chi connectivity index (χ3n) is 4.94. The Labute approximate surface area is 157 Å². The Hall–Kier alpha value is -3.24. The molecule has 0 fully saturated rings. The van der Waals surface area contributed by atoms with Crippen LogP contribution >= 0.6 is 0 Å². The molecule has 27 heavy (non-hydrogen) atoms. The molecular formula is C23H19NO3. The summed E-state index contributed by atoms with van der Waals surface area (Å²) in [4.78, 5) is 27.4. The van der Waals surface area contributed by atoms with Crippen LogP contribution in [0.3, 0.4) is 0 Å². The summed E-state index contributed by atoms with van der Waals surface area (Å²) in [6, 6.07) is 25.5. The van der Waals surface area contributed by atoms with Crippen LogP contribution in [0.25, 0.3) is 0 Å². The molecule has 1 aliphatic rings. The van der Waals surface area contributed by atoms with E-state index in [4.69, 9.17) is 0 Å². The first-order valence-corrected chi connectivity index (χ1v) is 8.85. The number of nitrogens with zero attached hydrogens (tertiary/aromatic N) is 1. The number of hydrogen-bond donors (Lipinski definition) is 1. The number of hydrogen-bond acceptors (Lipinski definition) is 3. The largest absolute Gasteiger partial charge is 0.375 e. The lowest BCUT2D eigenvalue weighted by Gasteiger charge is -2.23. The van der Waals surface area contributed by atoms with Gasteiger partial charge in [-0.05, 0) is 11.6 Å². The number of amides is 1. The zero-order valence-electron chi connectivity index (χ0n) is 14.7. The van der Waals surface area contributed by atoms with Crippen molar-refractivity contribution >= 4 is 17.4 Å². The van der Waals surface area contributed by atoms with Crippen LogP contribution in [0.2, 0.25) is 0 Å². The Kier molecular flexibility index (Phi) is 4.34. The van der Waals surface area contributed by atoms with Gasteiger partial charge in [0.05, 0.1) is 18.7 Å². The molecule has 0 spiro atoms. The van der Waals surface area contributed by atoms with Crippen LogP contribution < -0.4 is 4.90 Å². The minimum absolute atomic E-state index is 0.261. The van der Waals surface area contributed by atoms with Crippen molar-refractivity contribution in [2.24, 2.45) is 0 Å². The first-order valence-electron chi connectivity index (χ1n) is 8.85. The van der Waals surface area contributed by atoms with Crippen molar-refractivity contribution in [3.8, 4) is 0 Å². The zero-order chi connectivity index (χ0) is 18.9. The van der Waals surface area contributed by atoms with E-state index >= 15 is 0 Å². The number of carbonyl (C=O) groups excluding carboxylic acids is 2. The van der Waals surface area contributed by atoms with Crippen LogP contribution in [0.5, 0.6) is 0 Å². The van der Waals surface area contributed by atoms with Crippen LogP contribution in [0.4, 0.5) is 5.69 Å². The van der Waals surface area contributed by atoms with E-state index < -0.39 is 11.5 Å². The average molecular weight is 357 g/mol. The molecule has 3 aromatic carbocycles. The zero-order valence-corrected chi connectivity index (χ0v) is 14.7. The molecule has 1 heterocycles. The highest BCUT2D eigenvalue weighted by Crippen LogP contribution is 2.43. The van der Waals surface area contributed by atoms with Gasteiger partial charge >= 0.3 is 0 Å². The molecule has 3 aromatic rings. The number of Topliss-reactive ketones (excluding diaryl/α,β-unsaturated/α-hetero) is 1. The van der Waals surface area contributed by atoms with Gasteiger partial charge in [0.1, 0.15) is 0 Å². The van der Waals surface area contributed by atoms with Crippen molar-refractivity contribution in [2.75, 3.05) is 4.90 Å². The summed E-state index contributed by atoms with van der Waals surface area (Å²) in [5.74, 6) is -0.723. The third-order valence-corrected chi connectivity index (χ3v) is 4.94. The van der Waals surface area contributed by atoms with E-state index in [1.54, 1.807) is 47.4 Å². The van der Waals surface area contributed by atoms with E-state index in [1.165, 1.54) is 0 Å². The molecule has 0 bridgehead atoms. The maximum absolute atomic E-state index is 13.2. The molecule has 4 heteroatoms. The lowest BCUT2D eigenvalue weighted by molar-refractivity contribution is -0.136. The van der Waals surface area contributed by atoms with E-state index in [-0.39, 0.29) is 12.2 Å². The van der Waals surface area contributed by atoms with Crippen LogP contribution in [0, 0.1) is 0 Å². The van der Waals surface area contributed by atoms with Crippen molar-refractivity contribution < 1.29 is 14.7 Å². The fourth-order valence-electron chi connectivity index (χ4n) is 3.56. The van der Waals surface area contributed by atoms with Gasteiger partial charge in [-0.25, -0.2) is 0 Å². The van der Waals surface area contributed by atoms with Gasteiger partial charge in [-0.15, -0.1) is 0 Å². The highest BCUT2D eigenvalue weighted by atomic mass is 16.3. The normalized spacial score (nSPS) is 18.4. The number of carbonyl (C=O) groups is 2. The number of aliphatic hydroxyl groups is 1. The molecule has 1 N–H and O–H groups in total. The maximum Gasteiger partial charge on any atom is 0.264 e. The summed E-state index contributed by atoms with van der Waals surface area (Å²) in [5, 5.41) is 11.3. The summed E-state index contributed by atoms with van der Waals surface area (Å²) in [6.07, 6.45) is -0.280. The molecule has 1 atom stereocenters. The van der Waals surface area contributed by atoms with Crippen LogP contribution in [0.15, 0.2) is 84.9 Å². The second-order valence-electron chi connectivity index (χ2n) is 6.72. The molecule has 0 aliphatic carbocycles. The fraction of sp³-hybridized carbons (Fsp3) is 0.130. The fourth-order valence-corrected chi connectivity index (χ4v) is 3.56. The van der Waals surface area contributed by atoms with E-state index in [0.717, 1.165) is 5.56 Å². The first-order chi connectivity index (χ1) is 13.1. The van der Waals surface area contributed by atoms with Crippen molar-refractivity contribution in [3.63, 3.8) is 0 Å². The number of fused-ring (bicyclic) bond motifs is 1. The second kappa shape index (κ2) is 6.82. The SMILES string of the molecule is O=C(C[C@@]1(O)C(=O)N(Cc2ccccc2)c2ccccc21)c1ccccc1. The van der Waals surface area contributed by atoms with Crippen molar-refractivity contribution in [1.82, 2.24) is 0 Å². The minimum atomic E-state index is -1.85. The minimum Gasteiger partial charge on any atom is -0.375 e. The summed E-state index contributed by atoms with van der Waals surface area (Å²) in [6.45, 7) is 0.346. The van der Waals surface area contributed by atoms with Crippen molar-refractivity contribution in [2.45, 2.75) is 18.6 Å². The maximum atomic E-state index is 13.2. The molecule has 4 rings (SSSR count). The molecular weight excluding hydrogens is 338 g/mol. The smallest absolute Gasteiger partial charge is 0.264 e. The van der Waals surface area contributed by atoms with Crippen LogP contribution in [-0.2, 0) is 16.9 Å². The standard InChI is InChI=1S/C23H19NO3/c25-21(18-11-5-2-6-12-18)15-23(27)19-13-7-8-14-20(19)24(22(23)26)16-17-9-3-1-4-10-17/h1-14,27H,15-16H2/t23-/m0/s1. The number of anilines is 1. The number of ketones is 1. The van der Waals surface area contributed by atoms with Gasteiger partial charge in [0.15, 0.2) is 11.4 Å². The summed E-state index contributed by atoms with van der Waals surface area (Å²) >= 11 is 0. The van der Waals surface area contributed by atoms with Crippen molar-refractivity contribution in [3.05, 3.63) is 102 Å². The van der Waals surface area contributed by atoms with E-state index in [0.29, 0.717) is 23.4 Å². The van der Waals surface area contributed by atoms with Gasteiger partial charge < -0.3 is 10.0 Å². The molecule has 1 amide bonds. The quantitative estimate of drug-likeness (QED) is 0.709. The molecule has 0 saturated carbocycles. The third kappa shape index (κ3) is 3.04. The number of para-hydroxylation sites is 1. The summed E-state index contributed by atoms with van der Waals surface area (Å²) in [7, 11) is 0. The molecule has 0 aromatic heterocycles. The average Bonchev–Trinajstić information content (AvgIpc) is 2.92. The summed E-state index contributed by atoms with van der Waals surface area (Å²) < 4.78 is 0. The highest BCUT2D eigenvalue weighted by Gasteiger charge is 2.50. The molecule has 0 saturated heterocycles. The number of rotatable bonds is 5. The van der Waals surface area contributed by atoms with Gasteiger partial charge in [-0.1, -0.05) is 78.9 Å². The number of benzene rings is 3. The molecule has 0 radical (unpaired) electrons. The van der Waals surface area contributed by atoms with E-state index in [2.05, 4.69) is 0 Å². The van der Waals surface area contributed by atoms with Gasteiger partial charge in [0, 0.05) is 11.1 Å². The molecule has 4 nitrogen and oxygen atoms in total. The van der Waals surface area contributed by atoms with Gasteiger partial charge in [0.2, 0.25) is 0 Å². The van der Waals surface area contributed by atoms with E-state index in [1.807, 2.05) is 42.5 Å². The highest BCUT2D eigenvalue weighted by molar-refractivity contribution is 6.10. The molecule has 1 aliphatic heterocycles. The van der Waals surface area contributed by atoms with Gasteiger partial charge in [-0.3, -0.25) is 9.59 Å². The Morgan fingerprint density at radius 3 is 2.15 bits per heavy atom. The van der Waals surface area contributed by atoms with E-state index in [9.17, 15) is 14.7 Å². The monoisotopic (exact) mass is 357 g/mol. The first kappa shape index (κ1) is 17.2. The lowest BCUT2D eigenvalue weighted by Crippen LogP contribution is -2.41. The van der Waals surface area contributed by atoms with Crippen molar-refractivity contribution in [1.29, 1.82) is 0 Å². The molecule has 0 unspecified atom stereocenters. The Balaban J connectivity index is 1.69. The Bertz CT molecular complexity index is 985.